The maximum absolute atomic E-state index is 12.0. The molecular formula is C6HBrCl2F3NO3S. The molecule has 0 spiro atoms. The van der Waals surface area contributed by atoms with Crippen LogP contribution in [0.5, 0.6) is 5.75 Å². The van der Waals surface area contributed by atoms with Crippen molar-refractivity contribution in [3.05, 3.63) is 15.7 Å². The van der Waals surface area contributed by atoms with Gasteiger partial charge in [-0.25, -0.2) is 13.4 Å². The van der Waals surface area contributed by atoms with E-state index in [4.69, 9.17) is 22.3 Å². The zero-order chi connectivity index (χ0) is 13.4. The first-order chi connectivity index (χ1) is 7.50. The standard InChI is InChI=1S/C6HBrCl2F3NO3S/c7-2-1-3(8)13-5(17(9,14)15)4(2)16-6(10,11)12/h1H. The van der Waals surface area contributed by atoms with E-state index in [2.05, 4.69) is 25.7 Å². The summed E-state index contributed by atoms with van der Waals surface area (Å²) in [4.78, 5) is 3.18. The second kappa shape index (κ2) is 4.79. The highest BCUT2D eigenvalue weighted by Gasteiger charge is 2.36. The van der Waals surface area contributed by atoms with Gasteiger partial charge in [0.1, 0.15) is 5.15 Å². The topological polar surface area (TPSA) is 56.3 Å². The zero-order valence-corrected chi connectivity index (χ0v) is 11.3. The summed E-state index contributed by atoms with van der Waals surface area (Å²) >= 11 is 8.07. The molecule has 96 valence electrons. The maximum atomic E-state index is 12.0. The number of hydrogen-bond donors (Lipinski definition) is 0. The Hall–Kier alpha value is -0.250. The van der Waals surface area contributed by atoms with Crippen LogP contribution in [0.1, 0.15) is 0 Å². The summed E-state index contributed by atoms with van der Waals surface area (Å²) in [7, 11) is 0.390. The number of alkyl halides is 3. The lowest BCUT2D eigenvalue weighted by atomic mass is 10.5. The number of rotatable bonds is 2. The fraction of sp³-hybridized carbons (Fsp3) is 0.167. The lowest BCUT2D eigenvalue weighted by Crippen LogP contribution is -2.19. The molecule has 0 unspecified atom stereocenters. The van der Waals surface area contributed by atoms with E-state index in [1.165, 1.54) is 0 Å². The molecule has 1 rings (SSSR count). The van der Waals surface area contributed by atoms with Gasteiger partial charge in [-0.2, -0.15) is 0 Å². The van der Waals surface area contributed by atoms with Gasteiger partial charge in [-0.05, 0) is 22.0 Å². The highest BCUT2D eigenvalue weighted by Crippen LogP contribution is 2.37. The highest BCUT2D eigenvalue weighted by atomic mass is 79.9. The van der Waals surface area contributed by atoms with E-state index >= 15 is 0 Å². The summed E-state index contributed by atoms with van der Waals surface area (Å²) in [5.41, 5.74) is 0. The average molecular weight is 375 g/mol. The Balaban J connectivity index is 3.47. The van der Waals surface area contributed by atoms with Gasteiger partial charge in [0.2, 0.25) is 5.03 Å². The van der Waals surface area contributed by atoms with Gasteiger partial charge in [-0.1, -0.05) is 11.6 Å². The Kier molecular flexibility index (Phi) is 4.17. The first-order valence-electron chi connectivity index (χ1n) is 3.57. The van der Waals surface area contributed by atoms with Crippen LogP contribution in [0.3, 0.4) is 0 Å². The van der Waals surface area contributed by atoms with Crippen molar-refractivity contribution in [2.45, 2.75) is 11.4 Å². The monoisotopic (exact) mass is 373 g/mol. The molecule has 1 heterocycles. The van der Waals surface area contributed by atoms with Crippen LogP contribution >= 0.6 is 38.2 Å². The number of ether oxygens (including phenoxy) is 1. The van der Waals surface area contributed by atoms with Crippen LogP contribution in [-0.2, 0) is 9.05 Å². The van der Waals surface area contributed by atoms with Crippen LogP contribution in [-0.4, -0.2) is 19.8 Å². The molecule has 0 aliphatic carbocycles. The zero-order valence-electron chi connectivity index (χ0n) is 7.43. The quantitative estimate of drug-likeness (QED) is 0.588. The fourth-order valence-electron chi connectivity index (χ4n) is 0.826. The van der Waals surface area contributed by atoms with E-state index in [1.807, 2.05) is 0 Å². The van der Waals surface area contributed by atoms with Crippen LogP contribution < -0.4 is 4.74 Å². The summed E-state index contributed by atoms with van der Waals surface area (Å²) in [6.45, 7) is 0. The van der Waals surface area contributed by atoms with E-state index in [0.717, 1.165) is 6.07 Å². The number of pyridine rings is 1. The van der Waals surface area contributed by atoms with Crippen LogP contribution in [0.15, 0.2) is 15.6 Å². The van der Waals surface area contributed by atoms with Crippen molar-refractivity contribution in [2.24, 2.45) is 0 Å². The van der Waals surface area contributed by atoms with E-state index < -0.39 is 26.2 Å². The molecule has 0 radical (unpaired) electrons. The van der Waals surface area contributed by atoms with E-state index in [-0.39, 0.29) is 9.63 Å². The predicted octanol–water partition coefficient (Wildman–Crippen LogP) is 3.32. The smallest absolute Gasteiger partial charge is 0.401 e. The summed E-state index contributed by atoms with van der Waals surface area (Å²) in [5.74, 6) is -1.07. The van der Waals surface area contributed by atoms with Gasteiger partial charge < -0.3 is 4.74 Å². The second-order valence-corrected chi connectivity index (χ2v) is 6.27. The van der Waals surface area contributed by atoms with Crippen molar-refractivity contribution in [2.75, 3.05) is 0 Å². The number of nitrogens with zero attached hydrogens (tertiary/aromatic N) is 1. The van der Waals surface area contributed by atoms with Crippen molar-refractivity contribution >= 4 is 47.3 Å². The van der Waals surface area contributed by atoms with Crippen molar-refractivity contribution in [1.29, 1.82) is 0 Å². The van der Waals surface area contributed by atoms with Gasteiger partial charge in [-0.3, -0.25) is 0 Å². The molecule has 0 saturated carbocycles. The third kappa shape index (κ3) is 4.16. The average Bonchev–Trinajstić information content (AvgIpc) is 2.05. The summed E-state index contributed by atoms with van der Waals surface area (Å²) in [5, 5.41) is -1.47. The van der Waals surface area contributed by atoms with Gasteiger partial charge >= 0.3 is 6.36 Å². The third-order valence-corrected chi connectivity index (χ3v) is 3.27. The molecule has 0 aliphatic rings. The number of halogens is 6. The molecule has 4 nitrogen and oxygen atoms in total. The van der Waals surface area contributed by atoms with Gasteiger partial charge in [0, 0.05) is 10.7 Å². The lowest BCUT2D eigenvalue weighted by Gasteiger charge is -2.12. The Labute approximate surface area is 111 Å². The van der Waals surface area contributed by atoms with Gasteiger partial charge in [0.05, 0.1) is 4.47 Å². The summed E-state index contributed by atoms with van der Waals surface area (Å²) < 4.78 is 61.4. The van der Waals surface area contributed by atoms with Crippen LogP contribution in [0, 0.1) is 0 Å². The third-order valence-electron chi connectivity index (χ3n) is 1.31. The number of hydrogen-bond acceptors (Lipinski definition) is 4. The molecular weight excluding hydrogens is 374 g/mol. The molecule has 17 heavy (non-hydrogen) atoms. The fourth-order valence-corrected chi connectivity index (χ4v) is 2.71. The Morgan fingerprint density at radius 1 is 1.41 bits per heavy atom. The van der Waals surface area contributed by atoms with Gasteiger partial charge in [-0.15, -0.1) is 13.2 Å². The molecule has 0 N–H and O–H groups in total. The van der Waals surface area contributed by atoms with Crippen molar-refractivity contribution in [3.8, 4) is 5.75 Å². The van der Waals surface area contributed by atoms with Gasteiger partial charge in [0.25, 0.3) is 9.05 Å². The normalized spacial score (nSPS) is 12.6. The molecule has 0 amide bonds. The SMILES string of the molecule is O=S(=O)(Cl)c1nc(Cl)cc(Br)c1OC(F)(F)F. The van der Waals surface area contributed by atoms with Gasteiger partial charge in [0.15, 0.2) is 5.75 Å². The Morgan fingerprint density at radius 3 is 2.35 bits per heavy atom. The number of aromatic nitrogens is 1. The first-order valence-corrected chi connectivity index (χ1v) is 7.05. The Bertz CT molecular complexity index is 548. The first kappa shape index (κ1) is 14.8. The Morgan fingerprint density at radius 2 is 1.94 bits per heavy atom. The molecule has 0 bridgehead atoms. The van der Waals surface area contributed by atoms with Crippen LogP contribution in [0.25, 0.3) is 0 Å². The highest BCUT2D eigenvalue weighted by molar-refractivity contribution is 9.10. The second-order valence-electron chi connectivity index (χ2n) is 2.55. The molecule has 1 aromatic heterocycles. The van der Waals surface area contributed by atoms with E-state index in [1.54, 1.807) is 0 Å². The molecule has 0 atom stereocenters. The minimum atomic E-state index is -5.09. The van der Waals surface area contributed by atoms with E-state index in [0.29, 0.717) is 0 Å². The van der Waals surface area contributed by atoms with Crippen LogP contribution in [0.2, 0.25) is 5.15 Å². The van der Waals surface area contributed by atoms with E-state index in [9.17, 15) is 21.6 Å². The van der Waals surface area contributed by atoms with Crippen molar-refractivity contribution in [3.63, 3.8) is 0 Å². The molecule has 1 aromatic rings. The summed E-state index contributed by atoms with van der Waals surface area (Å²) in [6, 6.07) is 0.939. The predicted molar refractivity (Wildman–Crippen MR) is 56.7 cm³/mol. The minimum Gasteiger partial charge on any atom is -0.401 e. The molecule has 0 aliphatic heterocycles. The van der Waals surface area contributed by atoms with Crippen molar-refractivity contribution < 1.29 is 26.3 Å². The molecule has 0 fully saturated rings. The van der Waals surface area contributed by atoms with Crippen molar-refractivity contribution in [1.82, 2.24) is 4.98 Å². The summed E-state index contributed by atoms with van der Waals surface area (Å²) in [6.07, 6.45) is -5.09. The minimum absolute atomic E-state index is 0.339. The molecule has 0 aromatic carbocycles. The molecule has 0 saturated heterocycles. The largest absolute Gasteiger partial charge is 0.573 e. The molecule has 11 heteroatoms. The van der Waals surface area contributed by atoms with Crippen LogP contribution in [0.4, 0.5) is 13.2 Å². The lowest BCUT2D eigenvalue weighted by molar-refractivity contribution is -0.276. The maximum Gasteiger partial charge on any atom is 0.573 e.